The Bertz CT molecular complexity index is 1320. The summed E-state index contributed by atoms with van der Waals surface area (Å²) in [6, 6.07) is 24.5. The highest BCUT2D eigenvalue weighted by molar-refractivity contribution is 5.90. The van der Waals surface area contributed by atoms with Gasteiger partial charge in [0.1, 0.15) is 0 Å². The Hall–Kier alpha value is -3.60. The van der Waals surface area contributed by atoms with Gasteiger partial charge < -0.3 is 30.1 Å². The number of aliphatic carboxylic acids is 1. The average Bonchev–Trinajstić information content (AvgIpc) is 3.02. The maximum Gasteiger partial charge on any atom is 0.303 e. The lowest BCUT2D eigenvalue weighted by Crippen LogP contribution is -2.43. The van der Waals surface area contributed by atoms with Gasteiger partial charge in [-0.2, -0.15) is 0 Å². The lowest BCUT2D eigenvalue weighted by atomic mass is 9.98. The van der Waals surface area contributed by atoms with Gasteiger partial charge in [-0.3, -0.25) is 14.5 Å². The molecule has 0 radical (unpaired) electrons. The smallest absolute Gasteiger partial charge is 0.303 e. The van der Waals surface area contributed by atoms with E-state index in [0.29, 0.717) is 31.5 Å². The zero-order valence-corrected chi connectivity index (χ0v) is 24.8. The zero-order valence-electron chi connectivity index (χ0n) is 24.8. The number of nitrogens with one attached hydrogen (secondary N) is 1. The van der Waals surface area contributed by atoms with Crippen LogP contribution in [0.15, 0.2) is 78.9 Å². The zero-order chi connectivity index (χ0) is 30.8. The molecule has 4 N–H and O–H groups in total. The van der Waals surface area contributed by atoms with E-state index in [1.54, 1.807) is 6.07 Å². The van der Waals surface area contributed by atoms with E-state index in [0.717, 1.165) is 22.3 Å². The van der Waals surface area contributed by atoms with Gasteiger partial charge in [-0.05, 0) is 55.6 Å². The van der Waals surface area contributed by atoms with Gasteiger partial charge >= 0.3 is 5.97 Å². The van der Waals surface area contributed by atoms with Gasteiger partial charge in [-0.1, -0.05) is 66.7 Å². The molecule has 1 amide bonds. The van der Waals surface area contributed by atoms with Crippen LogP contribution in [0.3, 0.4) is 0 Å². The monoisotopic (exact) mass is 590 g/mol. The van der Waals surface area contributed by atoms with E-state index < -0.39 is 18.4 Å². The molecule has 9 heteroatoms. The number of amides is 1. The lowest BCUT2D eigenvalue weighted by molar-refractivity contribution is -0.253. The first kappa shape index (κ1) is 32.3. The molecule has 3 aromatic rings. The number of carboxylic acids is 1. The molecule has 0 aliphatic carbocycles. The van der Waals surface area contributed by atoms with E-state index in [9.17, 15) is 19.8 Å². The van der Waals surface area contributed by atoms with Crippen molar-refractivity contribution in [1.82, 2.24) is 4.90 Å². The molecular weight excluding hydrogens is 548 g/mol. The van der Waals surface area contributed by atoms with E-state index in [-0.39, 0.29) is 43.6 Å². The lowest BCUT2D eigenvalue weighted by Gasteiger charge is -2.39. The first-order chi connectivity index (χ1) is 20.7. The van der Waals surface area contributed by atoms with Crippen molar-refractivity contribution in [2.24, 2.45) is 0 Å². The highest BCUT2D eigenvalue weighted by Gasteiger charge is 2.34. The molecule has 0 unspecified atom stereocenters. The highest BCUT2D eigenvalue weighted by atomic mass is 16.7. The Morgan fingerprint density at radius 3 is 2.37 bits per heavy atom. The number of carboxylic acid groups (broad SMARTS) is 1. The Morgan fingerprint density at radius 1 is 0.953 bits per heavy atom. The Balaban J connectivity index is 1.48. The summed E-state index contributed by atoms with van der Waals surface area (Å²) in [4.78, 5) is 25.3. The normalized spacial score (nSPS) is 20.0. The number of anilines is 1. The molecule has 9 nitrogen and oxygen atoms in total. The highest BCUT2D eigenvalue weighted by Crippen LogP contribution is 2.39. The first-order valence-corrected chi connectivity index (χ1v) is 14.8. The third kappa shape index (κ3) is 9.44. The van der Waals surface area contributed by atoms with Gasteiger partial charge in [0.25, 0.3) is 0 Å². The third-order valence-electron chi connectivity index (χ3n) is 7.89. The standard InChI is InChI=1S/C34H42N2O7/c1-23(33(41)26-9-4-3-5-10-26)36(2)21-29-20-30(25-17-15-24(22-37)16-18-25)43-34(42-29)27-11-8-12-28(19-27)35-31(38)13-6-7-14-32(39)40/h3-5,8-12,15-19,23,29-30,33-34,37,41H,6-7,13-14,20-22H2,1-2H3,(H,35,38)(H,39,40)/t23-,29-,30+,33-,34+/m1/s1. The fraction of sp³-hybridized carbons (Fsp3) is 0.412. The molecule has 1 aliphatic rings. The van der Waals surface area contributed by atoms with Crippen LogP contribution >= 0.6 is 0 Å². The van der Waals surface area contributed by atoms with Crippen molar-refractivity contribution < 1.29 is 34.4 Å². The van der Waals surface area contributed by atoms with Crippen LogP contribution in [0, 0.1) is 0 Å². The number of carbonyl (C=O) groups is 2. The van der Waals surface area contributed by atoms with Crippen LogP contribution in [0.1, 0.15) is 79.8 Å². The molecule has 0 bridgehead atoms. The van der Waals surface area contributed by atoms with Gasteiger partial charge in [-0.15, -0.1) is 0 Å². The predicted molar refractivity (Wildman–Crippen MR) is 163 cm³/mol. The van der Waals surface area contributed by atoms with Crippen molar-refractivity contribution in [1.29, 1.82) is 0 Å². The Morgan fingerprint density at radius 2 is 1.67 bits per heavy atom. The minimum absolute atomic E-state index is 0.0370. The summed E-state index contributed by atoms with van der Waals surface area (Å²) in [5, 5.41) is 32.2. The summed E-state index contributed by atoms with van der Waals surface area (Å²) in [7, 11) is 1.97. The van der Waals surface area contributed by atoms with E-state index >= 15 is 0 Å². The molecule has 0 spiro atoms. The van der Waals surface area contributed by atoms with Gasteiger partial charge in [-0.25, -0.2) is 0 Å². The number of aliphatic hydroxyl groups is 2. The van der Waals surface area contributed by atoms with Gasteiger partial charge in [0.2, 0.25) is 5.91 Å². The topological polar surface area (TPSA) is 129 Å². The summed E-state index contributed by atoms with van der Waals surface area (Å²) in [5.74, 6) is -1.05. The fourth-order valence-corrected chi connectivity index (χ4v) is 5.24. The first-order valence-electron chi connectivity index (χ1n) is 14.8. The van der Waals surface area contributed by atoms with Crippen LogP contribution in [0.25, 0.3) is 0 Å². The quantitative estimate of drug-likeness (QED) is 0.185. The van der Waals surface area contributed by atoms with E-state index in [2.05, 4.69) is 10.2 Å². The molecule has 3 aromatic carbocycles. The Labute approximate surface area is 253 Å². The van der Waals surface area contributed by atoms with Crippen molar-refractivity contribution in [2.75, 3.05) is 18.9 Å². The molecule has 1 heterocycles. The van der Waals surface area contributed by atoms with Gasteiger partial charge in [0.15, 0.2) is 6.29 Å². The maximum absolute atomic E-state index is 12.5. The van der Waals surface area contributed by atoms with Crippen LogP contribution in [0.4, 0.5) is 5.69 Å². The summed E-state index contributed by atoms with van der Waals surface area (Å²) in [6.45, 7) is 2.51. The number of carbonyl (C=O) groups excluding carboxylic acids is 1. The van der Waals surface area contributed by atoms with Gasteiger partial charge in [0.05, 0.1) is 24.9 Å². The fourth-order valence-electron chi connectivity index (χ4n) is 5.24. The van der Waals surface area contributed by atoms with Crippen molar-refractivity contribution in [3.8, 4) is 0 Å². The van der Waals surface area contributed by atoms with Crippen LogP contribution in [0.2, 0.25) is 0 Å². The summed E-state index contributed by atoms with van der Waals surface area (Å²) in [5.41, 5.74) is 4.01. The molecule has 1 saturated heterocycles. The van der Waals surface area contributed by atoms with Crippen LogP contribution in [0.5, 0.6) is 0 Å². The number of aliphatic hydroxyl groups excluding tert-OH is 2. The maximum atomic E-state index is 12.5. The summed E-state index contributed by atoms with van der Waals surface area (Å²) < 4.78 is 12.9. The predicted octanol–water partition coefficient (Wildman–Crippen LogP) is 5.36. The number of benzene rings is 3. The summed E-state index contributed by atoms with van der Waals surface area (Å²) >= 11 is 0. The molecular formula is C34H42N2O7. The molecule has 230 valence electrons. The number of nitrogens with zero attached hydrogens (tertiary/aromatic N) is 1. The number of ether oxygens (including phenoxy) is 2. The van der Waals surface area contributed by atoms with Crippen molar-refractivity contribution in [2.45, 2.75) is 76.3 Å². The van der Waals surface area contributed by atoms with Crippen molar-refractivity contribution in [3.05, 3.63) is 101 Å². The van der Waals surface area contributed by atoms with Crippen LogP contribution in [-0.2, 0) is 25.7 Å². The average molecular weight is 591 g/mol. The number of hydrogen-bond donors (Lipinski definition) is 4. The Kier molecular flexibility index (Phi) is 11.8. The van der Waals surface area contributed by atoms with E-state index in [1.807, 2.05) is 86.8 Å². The molecule has 1 fully saturated rings. The second-order valence-electron chi connectivity index (χ2n) is 11.2. The van der Waals surface area contributed by atoms with Crippen molar-refractivity contribution in [3.63, 3.8) is 0 Å². The summed E-state index contributed by atoms with van der Waals surface area (Å²) in [6.07, 6.45) is -0.0225. The molecule has 1 aliphatic heterocycles. The van der Waals surface area contributed by atoms with Gasteiger partial charge in [0, 0.05) is 43.1 Å². The minimum atomic E-state index is -0.866. The molecule has 4 rings (SSSR count). The largest absolute Gasteiger partial charge is 0.481 e. The SMILES string of the molecule is C[C@H]([C@@H](O)c1ccccc1)N(C)C[C@H]1C[C@@H](c2ccc(CO)cc2)O[C@@H](c2cccc(NC(=O)CCCCC(=O)O)c2)O1. The second kappa shape index (κ2) is 15.7. The van der Waals surface area contributed by atoms with Crippen molar-refractivity contribution >= 4 is 17.6 Å². The third-order valence-corrected chi connectivity index (χ3v) is 7.89. The second-order valence-corrected chi connectivity index (χ2v) is 11.2. The number of unbranched alkanes of at least 4 members (excludes halogenated alkanes) is 1. The molecule has 0 aromatic heterocycles. The molecule has 43 heavy (non-hydrogen) atoms. The van der Waals surface area contributed by atoms with E-state index in [4.69, 9.17) is 14.6 Å². The number of hydrogen-bond acceptors (Lipinski definition) is 7. The number of rotatable bonds is 14. The molecule has 0 saturated carbocycles. The van der Waals surface area contributed by atoms with E-state index in [1.165, 1.54) is 0 Å². The van der Waals surface area contributed by atoms with Crippen LogP contribution in [-0.4, -0.2) is 57.8 Å². The minimum Gasteiger partial charge on any atom is -0.481 e. The number of likely N-dealkylation sites (N-methyl/N-ethyl adjacent to an activating group) is 1. The van der Waals surface area contributed by atoms with Crippen LogP contribution < -0.4 is 5.32 Å². The molecule has 5 atom stereocenters.